The van der Waals surface area contributed by atoms with Gasteiger partial charge in [0.1, 0.15) is 11.8 Å². The summed E-state index contributed by atoms with van der Waals surface area (Å²) in [6.45, 7) is 1.80. The van der Waals surface area contributed by atoms with Gasteiger partial charge in [-0.05, 0) is 30.2 Å². The zero-order valence-corrected chi connectivity index (χ0v) is 11.9. The van der Waals surface area contributed by atoms with Crippen molar-refractivity contribution in [3.05, 3.63) is 35.9 Å². The van der Waals surface area contributed by atoms with E-state index in [1.54, 1.807) is 26.2 Å². The molecule has 108 valence electrons. The molecule has 0 saturated carbocycles. The van der Waals surface area contributed by atoms with Crippen LogP contribution in [0.3, 0.4) is 0 Å². The van der Waals surface area contributed by atoms with Crippen molar-refractivity contribution < 1.29 is 19.1 Å². The molecule has 1 aromatic carbocycles. The molecule has 0 aliphatic rings. The van der Waals surface area contributed by atoms with Gasteiger partial charge in [-0.3, -0.25) is 4.79 Å². The van der Waals surface area contributed by atoms with Crippen LogP contribution in [0.4, 0.5) is 0 Å². The maximum absolute atomic E-state index is 11.7. The zero-order valence-electron chi connectivity index (χ0n) is 11.9. The Bertz CT molecular complexity index is 496. The topological polar surface area (TPSA) is 64.6 Å². The van der Waals surface area contributed by atoms with Gasteiger partial charge in [-0.1, -0.05) is 19.1 Å². The zero-order chi connectivity index (χ0) is 15.0. The molecular formula is C15H19NO4. The number of ether oxygens (including phenoxy) is 2. The number of esters is 1. The van der Waals surface area contributed by atoms with Gasteiger partial charge >= 0.3 is 5.97 Å². The lowest BCUT2D eigenvalue weighted by molar-refractivity contribution is -0.144. The molecule has 1 N–H and O–H groups in total. The Hall–Kier alpha value is -2.30. The third kappa shape index (κ3) is 4.76. The van der Waals surface area contributed by atoms with E-state index in [0.29, 0.717) is 12.2 Å². The summed E-state index contributed by atoms with van der Waals surface area (Å²) < 4.78 is 9.70. The Morgan fingerprint density at radius 2 is 2.10 bits per heavy atom. The van der Waals surface area contributed by atoms with E-state index in [0.717, 1.165) is 5.56 Å². The second-order valence-corrected chi connectivity index (χ2v) is 4.10. The van der Waals surface area contributed by atoms with Crippen LogP contribution in [-0.4, -0.2) is 32.1 Å². The highest BCUT2D eigenvalue weighted by Gasteiger charge is 2.17. The summed E-state index contributed by atoms with van der Waals surface area (Å²) >= 11 is 0. The Morgan fingerprint density at radius 3 is 2.70 bits per heavy atom. The van der Waals surface area contributed by atoms with Crippen molar-refractivity contribution in [3.8, 4) is 5.75 Å². The van der Waals surface area contributed by atoms with Crippen LogP contribution >= 0.6 is 0 Å². The van der Waals surface area contributed by atoms with Gasteiger partial charge < -0.3 is 14.8 Å². The standard InChI is InChI=1S/C15H19NO4/c1-4-13(15(18)20-3)16-14(17)9-8-11-6-5-7-12(10-11)19-2/h5-10,13H,4H2,1-3H3,(H,16,17)/b9-8+. The highest BCUT2D eigenvalue weighted by molar-refractivity contribution is 5.94. The molecule has 0 radical (unpaired) electrons. The first-order valence-electron chi connectivity index (χ1n) is 6.31. The predicted octanol–water partition coefficient (Wildman–Crippen LogP) is 1.78. The normalized spacial score (nSPS) is 11.9. The second kappa shape index (κ2) is 7.99. The summed E-state index contributed by atoms with van der Waals surface area (Å²) in [5, 5.41) is 2.58. The number of hydrogen-bond donors (Lipinski definition) is 1. The van der Waals surface area contributed by atoms with E-state index in [2.05, 4.69) is 10.1 Å². The van der Waals surface area contributed by atoms with Crippen LogP contribution < -0.4 is 10.1 Å². The van der Waals surface area contributed by atoms with Gasteiger partial charge in [0.05, 0.1) is 14.2 Å². The van der Waals surface area contributed by atoms with Crippen LogP contribution in [0.1, 0.15) is 18.9 Å². The number of carbonyl (C=O) groups excluding carboxylic acids is 2. The van der Waals surface area contributed by atoms with Crippen LogP contribution in [0, 0.1) is 0 Å². The number of hydrogen-bond acceptors (Lipinski definition) is 4. The molecular weight excluding hydrogens is 258 g/mol. The van der Waals surface area contributed by atoms with Gasteiger partial charge in [-0.25, -0.2) is 4.79 Å². The number of methoxy groups -OCH3 is 2. The summed E-state index contributed by atoms with van der Waals surface area (Å²) in [6.07, 6.45) is 3.51. The SMILES string of the molecule is CCC(NC(=O)/C=C/c1cccc(OC)c1)C(=O)OC. The number of benzene rings is 1. The quantitative estimate of drug-likeness (QED) is 0.636. The molecule has 1 atom stereocenters. The monoisotopic (exact) mass is 277 g/mol. The minimum atomic E-state index is -0.623. The van der Waals surface area contributed by atoms with Gasteiger partial charge in [0, 0.05) is 6.08 Å². The lowest BCUT2D eigenvalue weighted by Crippen LogP contribution is -2.40. The van der Waals surface area contributed by atoms with Crippen molar-refractivity contribution in [1.29, 1.82) is 0 Å². The van der Waals surface area contributed by atoms with E-state index in [-0.39, 0.29) is 5.91 Å². The Labute approximate surface area is 118 Å². The van der Waals surface area contributed by atoms with E-state index in [1.807, 2.05) is 18.2 Å². The average molecular weight is 277 g/mol. The third-order valence-electron chi connectivity index (χ3n) is 2.73. The number of rotatable bonds is 6. The summed E-state index contributed by atoms with van der Waals surface area (Å²) in [5.41, 5.74) is 0.839. The van der Waals surface area contributed by atoms with Gasteiger partial charge in [0.2, 0.25) is 5.91 Å². The maximum Gasteiger partial charge on any atom is 0.328 e. The van der Waals surface area contributed by atoms with E-state index in [9.17, 15) is 9.59 Å². The third-order valence-corrected chi connectivity index (χ3v) is 2.73. The van der Waals surface area contributed by atoms with E-state index in [4.69, 9.17) is 4.74 Å². The molecule has 0 bridgehead atoms. The van der Waals surface area contributed by atoms with Crippen LogP contribution in [0.25, 0.3) is 6.08 Å². The number of amides is 1. The predicted molar refractivity (Wildman–Crippen MR) is 76.3 cm³/mol. The van der Waals surface area contributed by atoms with Crippen molar-refractivity contribution in [3.63, 3.8) is 0 Å². The van der Waals surface area contributed by atoms with Gasteiger partial charge in [0.15, 0.2) is 0 Å². The Morgan fingerprint density at radius 1 is 1.35 bits per heavy atom. The first-order chi connectivity index (χ1) is 9.60. The molecule has 20 heavy (non-hydrogen) atoms. The fraction of sp³-hybridized carbons (Fsp3) is 0.333. The molecule has 0 heterocycles. The average Bonchev–Trinajstić information content (AvgIpc) is 2.50. The summed E-state index contributed by atoms with van der Waals surface area (Å²) in [5.74, 6) is -0.0748. The van der Waals surface area contributed by atoms with Crippen molar-refractivity contribution in [1.82, 2.24) is 5.32 Å². The maximum atomic E-state index is 11.7. The molecule has 1 unspecified atom stereocenters. The lowest BCUT2D eigenvalue weighted by atomic mass is 10.2. The highest BCUT2D eigenvalue weighted by Crippen LogP contribution is 2.13. The Kier molecular flexibility index (Phi) is 6.29. The molecule has 5 heteroatoms. The molecule has 5 nitrogen and oxygen atoms in total. The molecule has 0 aromatic heterocycles. The molecule has 0 spiro atoms. The van der Waals surface area contributed by atoms with Crippen molar-refractivity contribution in [2.24, 2.45) is 0 Å². The van der Waals surface area contributed by atoms with Gasteiger partial charge in [0.25, 0.3) is 0 Å². The smallest absolute Gasteiger partial charge is 0.328 e. The fourth-order valence-corrected chi connectivity index (χ4v) is 1.61. The fourth-order valence-electron chi connectivity index (χ4n) is 1.61. The Balaban J connectivity index is 2.64. The van der Waals surface area contributed by atoms with Crippen LogP contribution in [0.2, 0.25) is 0 Å². The van der Waals surface area contributed by atoms with Crippen molar-refractivity contribution >= 4 is 18.0 Å². The van der Waals surface area contributed by atoms with Crippen molar-refractivity contribution in [2.75, 3.05) is 14.2 Å². The molecule has 1 amide bonds. The molecule has 0 aliphatic heterocycles. The largest absolute Gasteiger partial charge is 0.497 e. The molecule has 0 aliphatic carbocycles. The molecule has 1 aromatic rings. The number of nitrogens with one attached hydrogen (secondary N) is 1. The summed E-state index contributed by atoms with van der Waals surface area (Å²) in [4.78, 5) is 23.1. The van der Waals surface area contributed by atoms with Crippen LogP contribution in [0.15, 0.2) is 30.3 Å². The minimum Gasteiger partial charge on any atom is -0.497 e. The highest BCUT2D eigenvalue weighted by atomic mass is 16.5. The van der Waals surface area contributed by atoms with Gasteiger partial charge in [-0.15, -0.1) is 0 Å². The molecule has 1 rings (SSSR count). The number of carbonyl (C=O) groups is 2. The van der Waals surface area contributed by atoms with E-state index in [1.165, 1.54) is 13.2 Å². The molecule has 0 fully saturated rings. The van der Waals surface area contributed by atoms with Crippen LogP contribution in [-0.2, 0) is 14.3 Å². The van der Waals surface area contributed by atoms with Crippen molar-refractivity contribution in [2.45, 2.75) is 19.4 Å². The minimum absolute atomic E-state index is 0.343. The summed E-state index contributed by atoms with van der Waals surface area (Å²) in [6, 6.07) is 6.69. The van der Waals surface area contributed by atoms with Crippen LogP contribution in [0.5, 0.6) is 5.75 Å². The van der Waals surface area contributed by atoms with Gasteiger partial charge in [-0.2, -0.15) is 0 Å². The lowest BCUT2D eigenvalue weighted by Gasteiger charge is -2.12. The second-order valence-electron chi connectivity index (χ2n) is 4.10. The first kappa shape index (κ1) is 15.8. The summed E-state index contributed by atoms with van der Waals surface area (Å²) in [7, 11) is 2.88. The van der Waals surface area contributed by atoms with E-state index < -0.39 is 12.0 Å². The van der Waals surface area contributed by atoms with E-state index >= 15 is 0 Å². The molecule has 0 saturated heterocycles. The first-order valence-corrected chi connectivity index (χ1v) is 6.31.